The molecule has 0 radical (unpaired) electrons. The second kappa shape index (κ2) is 6.75. The first kappa shape index (κ1) is 19.2. The third kappa shape index (κ3) is 4.58. The van der Waals surface area contributed by atoms with Gasteiger partial charge in [-0.3, -0.25) is 10.2 Å². The summed E-state index contributed by atoms with van der Waals surface area (Å²) in [6.07, 6.45) is -12.0. The molecule has 2 atom stereocenters. The van der Waals surface area contributed by atoms with E-state index in [1.165, 1.54) is 6.92 Å². The topological polar surface area (TPSA) is 75.4 Å². The summed E-state index contributed by atoms with van der Waals surface area (Å²) in [5, 5.41) is 10.0. The number of hydrazine groups is 1. The number of hydrogen-bond acceptors (Lipinski definition) is 3. The molecule has 10 heteroatoms. The van der Waals surface area contributed by atoms with E-state index in [1.54, 1.807) is 5.43 Å². The summed E-state index contributed by atoms with van der Waals surface area (Å²) in [5.41, 5.74) is -2.08. The molecule has 0 aliphatic heterocycles. The van der Waals surface area contributed by atoms with Gasteiger partial charge in [0.15, 0.2) is 0 Å². The minimum atomic E-state index is -5.03. The van der Waals surface area contributed by atoms with E-state index in [9.17, 15) is 36.2 Å². The maximum Gasteiger partial charge on any atom is 0.416 e. The van der Waals surface area contributed by atoms with E-state index in [4.69, 9.17) is 5.84 Å². The number of halogens is 6. The van der Waals surface area contributed by atoms with Gasteiger partial charge in [-0.15, -0.1) is 0 Å². The number of carbonyl (C=O) groups is 1. The van der Waals surface area contributed by atoms with Gasteiger partial charge in [-0.2, -0.15) is 26.3 Å². The fourth-order valence-electron chi connectivity index (χ4n) is 2.04. The highest BCUT2D eigenvalue weighted by atomic mass is 19.4. The van der Waals surface area contributed by atoms with Gasteiger partial charge in [0.1, 0.15) is 0 Å². The first-order valence-corrected chi connectivity index (χ1v) is 6.39. The molecule has 1 aromatic rings. The average Bonchev–Trinajstić information content (AvgIpc) is 2.45. The summed E-state index contributed by atoms with van der Waals surface area (Å²) in [6, 6.07) is 0.707. The van der Waals surface area contributed by atoms with Crippen molar-refractivity contribution in [2.24, 2.45) is 11.8 Å². The zero-order valence-corrected chi connectivity index (χ0v) is 11.8. The second-order valence-electron chi connectivity index (χ2n) is 4.81. The zero-order valence-electron chi connectivity index (χ0n) is 11.8. The number of hydrogen-bond donors (Lipinski definition) is 3. The summed E-state index contributed by atoms with van der Waals surface area (Å²) in [6.45, 7) is 1.43. The Morgan fingerprint density at radius 1 is 1.13 bits per heavy atom. The molecule has 1 aromatic carbocycles. The van der Waals surface area contributed by atoms with E-state index in [0.717, 1.165) is 0 Å². The maximum absolute atomic E-state index is 12.8. The van der Waals surface area contributed by atoms with E-state index < -0.39 is 47.0 Å². The van der Waals surface area contributed by atoms with Crippen molar-refractivity contribution in [3.05, 3.63) is 34.9 Å². The molecule has 0 aliphatic carbocycles. The lowest BCUT2D eigenvalue weighted by Gasteiger charge is -2.22. The van der Waals surface area contributed by atoms with Gasteiger partial charge in [0.05, 0.1) is 23.1 Å². The highest BCUT2D eigenvalue weighted by Gasteiger charge is 2.38. The van der Waals surface area contributed by atoms with Gasteiger partial charge in [0.25, 0.3) is 0 Å². The minimum Gasteiger partial charge on any atom is -0.388 e. The first-order chi connectivity index (χ1) is 10.4. The van der Waals surface area contributed by atoms with Gasteiger partial charge in [-0.05, 0) is 30.2 Å². The molecule has 4 nitrogen and oxygen atoms in total. The van der Waals surface area contributed by atoms with Crippen LogP contribution in [0.3, 0.4) is 0 Å². The van der Waals surface area contributed by atoms with Crippen LogP contribution in [0.2, 0.25) is 0 Å². The Balaban J connectivity index is 3.42. The Hall–Kier alpha value is -1.81. The molecule has 0 spiro atoms. The number of aliphatic hydroxyl groups excluding tert-OH is 1. The third-order valence-electron chi connectivity index (χ3n) is 3.25. The van der Waals surface area contributed by atoms with Crippen LogP contribution >= 0.6 is 0 Å². The molecule has 0 saturated heterocycles. The van der Waals surface area contributed by atoms with Gasteiger partial charge in [0, 0.05) is 0 Å². The lowest BCUT2D eigenvalue weighted by atomic mass is 9.90. The number of benzene rings is 1. The molecular weight excluding hydrogens is 330 g/mol. The number of nitrogens with two attached hydrogens (primary N) is 1. The van der Waals surface area contributed by atoms with Crippen molar-refractivity contribution >= 4 is 5.91 Å². The van der Waals surface area contributed by atoms with Crippen molar-refractivity contribution in [1.29, 1.82) is 0 Å². The van der Waals surface area contributed by atoms with Gasteiger partial charge in [-0.1, -0.05) is 6.92 Å². The van der Waals surface area contributed by atoms with Crippen LogP contribution in [0.1, 0.15) is 36.1 Å². The number of nitrogens with one attached hydrogen (secondary N) is 1. The summed E-state index contributed by atoms with van der Waals surface area (Å²) in [7, 11) is 0. The van der Waals surface area contributed by atoms with Gasteiger partial charge < -0.3 is 5.11 Å². The van der Waals surface area contributed by atoms with E-state index in [1.807, 2.05) is 0 Å². The molecule has 0 heterocycles. The fraction of sp³-hybridized carbons (Fsp3) is 0.462. The quantitative estimate of drug-likeness (QED) is 0.340. The molecule has 4 N–H and O–H groups in total. The largest absolute Gasteiger partial charge is 0.416 e. The molecule has 0 aromatic heterocycles. The molecule has 0 aliphatic rings. The van der Waals surface area contributed by atoms with Crippen LogP contribution in [0.15, 0.2) is 18.2 Å². The van der Waals surface area contributed by atoms with Gasteiger partial charge >= 0.3 is 12.4 Å². The molecule has 1 amide bonds. The van der Waals surface area contributed by atoms with Crippen LogP contribution in [0.4, 0.5) is 26.3 Å². The molecule has 1 rings (SSSR count). The highest BCUT2D eigenvalue weighted by molar-refractivity contribution is 5.78. The molecule has 23 heavy (non-hydrogen) atoms. The standard InChI is InChI=1S/C13H14F6N2O2/c1-2-9(11(23)21-20)10(22)6-3-7(12(14,15)16)5-8(4-6)13(17,18)19/h3-5,9-10,22H,2,20H2,1H3,(H,21,23). The second-order valence-corrected chi connectivity index (χ2v) is 4.81. The SMILES string of the molecule is CCC(C(=O)NN)C(O)c1cc(C(F)(F)F)cc(C(F)(F)F)c1. The predicted octanol–water partition coefficient (Wildman–Crippen LogP) is 2.77. The normalized spacial score (nSPS) is 15.2. The van der Waals surface area contributed by atoms with E-state index in [0.29, 0.717) is 12.1 Å². The lowest BCUT2D eigenvalue weighted by Crippen LogP contribution is -2.38. The van der Waals surface area contributed by atoms with Gasteiger partial charge in [0.2, 0.25) is 5.91 Å². The number of rotatable bonds is 4. The molecular formula is C13H14F6N2O2. The fourth-order valence-corrected chi connectivity index (χ4v) is 2.04. The van der Waals surface area contributed by atoms with E-state index in [-0.39, 0.29) is 12.5 Å². The Kier molecular flexibility index (Phi) is 5.65. The zero-order chi connectivity index (χ0) is 18.0. The first-order valence-electron chi connectivity index (χ1n) is 6.39. The molecule has 0 bridgehead atoms. The third-order valence-corrected chi connectivity index (χ3v) is 3.25. The Morgan fingerprint density at radius 2 is 1.57 bits per heavy atom. The Bertz CT molecular complexity index is 538. The molecule has 0 saturated carbocycles. The van der Waals surface area contributed by atoms with Crippen LogP contribution in [0.5, 0.6) is 0 Å². The monoisotopic (exact) mass is 344 g/mol. The van der Waals surface area contributed by atoms with Crippen molar-refractivity contribution < 1.29 is 36.2 Å². The summed E-state index contributed by atoms with van der Waals surface area (Å²) in [5.74, 6) is 2.71. The maximum atomic E-state index is 12.8. The molecule has 2 unspecified atom stereocenters. The van der Waals surface area contributed by atoms with Crippen molar-refractivity contribution in [1.82, 2.24) is 5.43 Å². The van der Waals surface area contributed by atoms with Crippen LogP contribution in [0, 0.1) is 5.92 Å². The number of amides is 1. The van der Waals surface area contributed by atoms with E-state index in [2.05, 4.69) is 0 Å². The van der Waals surface area contributed by atoms with Crippen molar-refractivity contribution in [2.45, 2.75) is 31.8 Å². The summed E-state index contributed by atoms with van der Waals surface area (Å²) >= 11 is 0. The molecule has 0 fully saturated rings. The van der Waals surface area contributed by atoms with Gasteiger partial charge in [-0.25, -0.2) is 5.84 Å². The highest BCUT2D eigenvalue weighted by Crippen LogP contribution is 2.38. The number of aliphatic hydroxyl groups is 1. The lowest BCUT2D eigenvalue weighted by molar-refractivity contribution is -0.143. The number of alkyl halides is 6. The summed E-state index contributed by atoms with van der Waals surface area (Å²) < 4.78 is 76.6. The summed E-state index contributed by atoms with van der Waals surface area (Å²) in [4.78, 5) is 11.5. The van der Waals surface area contributed by atoms with Crippen molar-refractivity contribution in [3.8, 4) is 0 Å². The van der Waals surface area contributed by atoms with Crippen molar-refractivity contribution in [3.63, 3.8) is 0 Å². The number of carbonyl (C=O) groups excluding carboxylic acids is 1. The van der Waals surface area contributed by atoms with Crippen molar-refractivity contribution in [2.75, 3.05) is 0 Å². The van der Waals surface area contributed by atoms with E-state index >= 15 is 0 Å². The van der Waals surface area contributed by atoms with Crippen LogP contribution in [-0.4, -0.2) is 11.0 Å². The van der Waals surface area contributed by atoms with Crippen LogP contribution in [-0.2, 0) is 17.1 Å². The predicted molar refractivity (Wildman–Crippen MR) is 67.5 cm³/mol. The molecule has 130 valence electrons. The Morgan fingerprint density at radius 3 is 1.87 bits per heavy atom. The van der Waals surface area contributed by atoms with Crippen LogP contribution < -0.4 is 11.3 Å². The smallest absolute Gasteiger partial charge is 0.388 e. The average molecular weight is 344 g/mol. The van der Waals surface area contributed by atoms with Crippen LogP contribution in [0.25, 0.3) is 0 Å². The Labute approximate surface area is 127 Å². The minimum absolute atomic E-state index is 0.0399.